The van der Waals surface area contributed by atoms with Crippen LogP contribution in [0.5, 0.6) is 0 Å². The van der Waals surface area contributed by atoms with Crippen LogP contribution >= 0.6 is 9.47 Å². The lowest BCUT2D eigenvalue weighted by Crippen LogP contribution is -2.03. The third-order valence-electron chi connectivity index (χ3n) is 0.236. The summed E-state index contributed by atoms with van der Waals surface area (Å²) < 4.78 is 4.48. The van der Waals surface area contributed by atoms with E-state index in [0.717, 1.165) is 0 Å². The molecule has 2 N–H and O–H groups in total. The Bertz CT molecular complexity index is 17.1. The van der Waals surface area contributed by atoms with Gasteiger partial charge in [-0.25, -0.2) is 0 Å². The van der Waals surface area contributed by atoms with Gasteiger partial charge in [0.25, 0.3) is 0 Å². The SMILES string of the molecule is NCCOP. The molecule has 1 atom stereocenters. The minimum atomic E-state index is 0.601. The molecule has 0 amide bonds. The van der Waals surface area contributed by atoms with Crippen LogP contribution in [0, 0.1) is 0 Å². The summed E-state index contributed by atoms with van der Waals surface area (Å²) in [5, 5.41) is 0. The van der Waals surface area contributed by atoms with Crippen molar-refractivity contribution in [3.8, 4) is 0 Å². The fourth-order valence-corrected chi connectivity index (χ4v) is 0.204. The van der Waals surface area contributed by atoms with Crippen LogP contribution in [0.1, 0.15) is 0 Å². The lowest BCUT2D eigenvalue weighted by atomic mass is 10.8. The molecule has 0 aliphatic heterocycles. The van der Waals surface area contributed by atoms with Crippen LogP contribution in [0.3, 0.4) is 0 Å². The maximum atomic E-state index is 5.00. The predicted octanol–water partition coefficient (Wildman–Crippen LogP) is -0.248. The van der Waals surface area contributed by atoms with E-state index in [4.69, 9.17) is 5.73 Å². The van der Waals surface area contributed by atoms with E-state index in [2.05, 4.69) is 14.0 Å². The van der Waals surface area contributed by atoms with Crippen LogP contribution in [0.4, 0.5) is 0 Å². The first-order chi connectivity index (χ1) is 2.41. The highest BCUT2D eigenvalue weighted by Crippen LogP contribution is 1.77. The molecular formula is C2H8NOP. The van der Waals surface area contributed by atoms with E-state index in [1.54, 1.807) is 0 Å². The Morgan fingerprint density at radius 3 is 2.40 bits per heavy atom. The average molecular weight is 93.1 g/mol. The van der Waals surface area contributed by atoms with Crippen molar-refractivity contribution < 1.29 is 4.52 Å². The molecule has 0 saturated heterocycles. The van der Waals surface area contributed by atoms with Crippen molar-refractivity contribution in [1.29, 1.82) is 0 Å². The van der Waals surface area contributed by atoms with Gasteiger partial charge < -0.3 is 10.3 Å². The lowest BCUT2D eigenvalue weighted by molar-refractivity contribution is 0.384. The summed E-state index contributed by atoms with van der Waals surface area (Å²) in [7, 11) is 2.12. The molecule has 0 fully saturated rings. The van der Waals surface area contributed by atoms with Gasteiger partial charge in [0.2, 0.25) is 0 Å². The average Bonchev–Trinajstić information content (AvgIpc) is 1.41. The Morgan fingerprint density at radius 1 is 1.80 bits per heavy atom. The molecule has 0 bridgehead atoms. The Hall–Kier alpha value is 0.350. The van der Waals surface area contributed by atoms with Crippen LogP contribution in [-0.4, -0.2) is 13.2 Å². The lowest BCUT2D eigenvalue weighted by Gasteiger charge is -1.84. The molecule has 3 heteroatoms. The largest absolute Gasteiger partial charge is 0.364 e. The van der Waals surface area contributed by atoms with Crippen LogP contribution < -0.4 is 5.73 Å². The monoisotopic (exact) mass is 93.0 g/mol. The third kappa shape index (κ3) is 4.35. The number of hydrogen-bond donors (Lipinski definition) is 1. The summed E-state index contributed by atoms with van der Waals surface area (Å²) >= 11 is 0. The topological polar surface area (TPSA) is 35.2 Å². The second-order valence-electron chi connectivity index (χ2n) is 0.659. The highest BCUT2D eigenvalue weighted by molar-refractivity contribution is 7.09. The van der Waals surface area contributed by atoms with Gasteiger partial charge in [-0.1, -0.05) is 0 Å². The number of hydrogen-bond acceptors (Lipinski definition) is 2. The van der Waals surface area contributed by atoms with E-state index in [1.807, 2.05) is 0 Å². The molecule has 0 aromatic heterocycles. The van der Waals surface area contributed by atoms with E-state index in [9.17, 15) is 0 Å². The Kier molecular flexibility index (Phi) is 4.65. The van der Waals surface area contributed by atoms with Crippen molar-refractivity contribution in [2.24, 2.45) is 5.73 Å². The molecule has 0 rings (SSSR count). The van der Waals surface area contributed by atoms with Gasteiger partial charge in [0.05, 0.1) is 6.61 Å². The maximum absolute atomic E-state index is 5.00. The predicted molar refractivity (Wildman–Crippen MR) is 24.7 cm³/mol. The van der Waals surface area contributed by atoms with Gasteiger partial charge in [-0.2, -0.15) is 0 Å². The van der Waals surface area contributed by atoms with E-state index < -0.39 is 0 Å². The van der Waals surface area contributed by atoms with Gasteiger partial charge in [-0.3, -0.25) is 0 Å². The molecule has 0 saturated carbocycles. The fourth-order valence-electron chi connectivity index (χ4n) is 0.0680. The van der Waals surface area contributed by atoms with E-state index in [0.29, 0.717) is 13.2 Å². The highest BCUT2D eigenvalue weighted by atomic mass is 31.0. The van der Waals surface area contributed by atoms with Gasteiger partial charge in [-0.05, 0) is 0 Å². The molecular weight excluding hydrogens is 85.0 g/mol. The minimum absolute atomic E-state index is 0.601. The number of nitrogens with two attached hydrogens (primary N) is 1. The normalized spacial score (nSPS) is 8.40. The van der Waals surface area contributed by atoms with E-state index in [-0.39, 0.29) is 0 Å². The van der Waals surface area contributed by atoms with Crippen molar-refractivity contribution in [3.63, 3.8) is 0 Å². The second-order valence-corrected chi connectivity index (χ2v) is 0.993. The van der Waals surface area contributed by atoms with Crippen molar-refractivity contribution in [2.45, 2.75) is 0 Å². The van der Waals surface area contributed by atoms with Crippen LogP contribution in [0.15, 0.2) is 0 Å². The summed E-state index contributed by atoms with van der Waals surface area (Å²) in [4.78, 5) is 0. The number of rotatable bonds is 2. The summed E-state index contributed by atoms with van der Waals surface area (Å²) in [5.74, 6) is 0. The van der Waals surface area contributed by atoms with Crippen LogP contribution in [0.2, 0.25) is 0 Å². The second kappa shape index (κ2) is 4.35. The summed E-state index contributed by atoms with van der Waals surface area (Å²) in [6.07, 6.45) is 0. The zero-order valence-corrected chi connectivity index (χ0v) is 4.13. The van der Waals surface area contributed by atoms with Crippen LogP contribution in [0.25, 0.3) is 0 Å². The van der Waals surface area contributed by atoms with Crippen molar-refractivity contribution in [3.05, 3.63) is 0 Å². The molecule has 0 aromatic rings. The Morgan fingerprint density at radius 2 is 2.40 bits per heavy atom. The third-order valence-corrected chi connectivity index (χ3v) is 0.471. The van der Waals surface area contributed by atoms with Gasteiger partial charge in [0.15, 0.2) is 0 Å². The van der Waals surface area contributed by atoms with Gasteiger partial charge in [0.1, 0.15) is 0 Å². The summed E-state index contributed by atoms with van der Waals surface area (Å²) in [6.45, 7) is 1.23. The summed E-state index contributed by atoms with van der Waals surface area (Å²) in [6, 6.07) is 0. The molecule has 0 aliphatic carbocycles. The molecule has 0 heterocycles. The molecule has 32 valence electrons. The fraction of sp³-hybridized carbons (Fsp3) is 1.00. The standard InChI is InChI=1S/C2H8NOP/c3-1-2-4-5/h1-3,5H2. The zero-order valence-electron chi connectivity index (χ0n) is 2.98. The zero-order chi connectivity index (χ0) is 4.12. The summed E-state index contributed by atoms with van der Waals surface area (Å²) in [5.41, 5.74) is 5.00. The highest BCUT2D eigenvalue weighted by Gasteiger charge is 1.66. The smallest absolute Gasteiger partial charge is 0.0624 e. The minimum Gasteiger partial charge on any atom is -0.364 e. The van der Waals surface area contributed by atoms with Crippen molar-refractivity contribution >= 4 is 9.47 Å². The molecule has 5 heavy (non-hydrogen) atoms. The van der Waals surface area contributed by atoms with E-state index in [1.165, 1.54) is 0 Å². The Balaban J connectivity index is 2.19. The van der Waals surface area contributed by atoms with Gasteiger partial charge >= 0.3 is 0 Å². The first-order valence-corrected chi connectivity index (χ1v) is 1.90. The maximum Gasteiger partial charge on any atom is 0.0624 e. The quantitative estimate of drug-likeness (QED) is 0.478. The first-order valence-electron chi connectivity index (χ1n) is 1.43. The van der Waals surface area contributed by atoms with Crippen molar-refractivity contribution in [2.75, 3.05) is 13.2 Å². The van der Waals surface area contributed by atoms with E-state index >= 15 is 0 Å². The molecule has 2 nitrogen and oxygen atoms in total. The van der Waals surface area contributed by atoms with Gasteiger partial charge in [-0.15, -0.1) is 0 Å². The Labute approximate surface area is 34.0 Å². The van der Waals surface area contributed by atoms with Crippen LogP contribution in [-0.2, 0) is 4.52 Å². The van der Waals surface area contributed by atoms with Gasteiger partial charge in [0, 0.05) is 16.0 Å². The first kappa shape index (κ1) is 5.35. The van der Waals surface area contributed by atoms with Crippen molar-refractivity contribution in [1.82, 2.24) is 0 Å². The molecule has 0 aromatic carbocycles. The molecule has 1 unspecified atom stereocenters. The molecule has 0 aliphatic rings. The molecule has 0 radical (unpaired) electrons. The molecule has 0 spiro atoms.